The summed E-state index contributed by atoms with van der Waals surface area (Å²) in [6.07, 6.45) is 10.6. The number of nitrogens with one attached hydrogen (secondary N) is 3. The normalized spacial score (nSPS) is 25.3. The highest BCUT2D eigenvalue weighted by molar-refractivity contribution is 8.14. The SMILES string of the molecule is C/C=C1\NC(=O)C2N=C(CNC(=O)C[C@@H](/C=C/CCSC(=O)CCCCCCC)OC(=O)[C@H](C(C)C)NC1=O)S[C@@H]2C. The van der Waals surface area contributed by atoms with Crippen LogP contribution in [0.2, 0.25) is 0 Å². The molecule has 2 rings (SSSR count). The minimum atomic E-state index is -1.01. The van der Waals surface area contributed by atoms with Crippen LogP contribution in [0.3, 0.4) is 0 Å². The molecule has 0 aromatic carbocycles. The minimum Gasteiger partial charge on any atom is -0.456 e. The molecule has 2 heterocycles. The van der Waals surface area contributed by atoms with Crippen molar-refractivity contribution in [3.05, 3.63) is 23.9 Å². The Morgan fingerprint density at radius 2 is 1.90 bits per heavy atom. The average molecular weight is 623 g/mol. The predicted octanol–water partition coefficient (Wildman–Crippen LogP) is 4.05. The second kappa shape index (κ2) is 18.8. The van der Waals surface area contributed by atoms with Crippen molar-refractivity contribution in [2.75, 3.05) is 12.3 Å². The van der Waals surface area contributed by atoms with Gasteiger partial charge in [0.2, 0.25) is 11.8 Å². The number of allylic oxidation sites excluding steroid dienone is 2. The molecule has 234 valence electrons. The summed E-state index contributed by atoms with van der Waals surface area (Å²) in [5.41, 5.74) is 0.0177. The number of rotatable bonds is 11. The zero-order chi connectivity index (χ0) is 31.1. The van der Waals surface area contributed by atoms with Gasteiger partial charge in [-0.1, -0.05) is 77.3 Å². The summed E-state index contributed by atoms with van der Waals surface area (Å²) >= 11 is 2.68. The van der Waals surface area contributed by atoms with Crippen LogP contribution in [0.1, 0.15) is 86.0 Å². The molecule has 0 aliphatic carbocycles. The Labute approximate surface area is 258 Å². The van der Waals surface area contributed by atoms with E-state index in [-0.39, 0.29) is 40.9 Å². The Morgan fingerprint density at radius 1 is 1.17 bits per heavy atom. The van der Waals surface area contributed by atoms with Gasteiger partial charge >= 0.3 is 5.97 Å². The molecule has 0 fully saturated rings. The van der Waals surface area contributed by atoms with Gasteiger partial charge in [-0.3, -0.25) is 24.2 Å². The van der Waals surface area contributed by atoms with Gasteiger partial charge in [0.1, 0.15) is 23.9 Å². The lowest BCUT2D eigenvalue weighted by molar-refractivity contribution is -0.153. The maximum Gasteiger partial charge on any atom is 0.329 e. The number of carbonyl (C=O) groups is 5. The summed E-state index contributed by atoms with van der Waals surface area (Å²) in [4.78, 5) is 68.5. The van der Waals surface area contributed by atoms with E-state index in [1.807, 2.05) is 13.0 Å². The maximum absolute atomic E-state index is 13.2. The summed E-state index contributed by atoms with van der Waals surface area (Å²) in [5.74, 6) is -1.81. The zero-order valence-electron chi connectivity index (χ0n) is 25.4. The molecule has 0 aromatic heterocycles. The molecule has 0 radical (unpaired) electrons. The highest BCUT2D eigenvalue weighted by Gasteiger charge is 2.35. The van der Waals surface area contributed by atoms with Crippen LogP contribution in [0.5, 0.6) is 0 Å². The van der Waals surface area contributed by atoms with Gasteiger partial charge in [-0.15, -0.1) is 11.8 Å². The van der Waals surface area contributed by atoms with Crippen molar-refractivity contribution in [3.8, 4) is 0 Å². The number of hydrogen-bond donors (Lipinski definition) is 3. The van der Waals surface area contributed by atoms with Gasteiger partial charge in [-0.05, 0) is 31.8 Å². The fraction of sp³-hybridized carbons (Fsp3) is 0.667. The number of carbonyl (C=O) groups excluding carboxylic acids is 5. The van der Waals surface area contributed by atoms with Crippen LogP contribution in [-0.2, 0) is 28.7 Å². The number of cyclic esters (lactones) is 1. The third kappa shape index (κ3) is 12.3. The molecule has 4 atom stereocenters. The number of hydrogen-bond acceptors (Lipinski definition) is 9. The van der Waals surface area contributed by atoms with Gasteiger partial charge in [0.25, 0.3) is 5.91 Å². The van der Waals surface area contributed by atoms with E-state index < -0.39 is 36.0 Å². The van der Waals surface area contributed by atoms with Crippen LogP contribution in [0.15, 0.2) is 28.9 Å². The van der Waals surface area contributed by atoms with E-state index in [4.69, 9.17) is 4.74 Å². The molecule has 42 heavy (non-hydrogen) atoms. The van der Waals surface area contributed by atoms with Crippen LogP contribution in [0, 0.1) is 5.92 Å². The van der Waals surface area contributed by atoms with Gasteiger partial charge in [0, 0.05) is 17.4 Å². The van der Waals surface area contributed by atoms with E-state index in [0.717, 1.165) is 19.3 Å². The number of unbranched alkanes of at least 4 members (excludes halogenated alkanes) is 4. The number of esters is 1. The van der Waals surface area contributed by atoms with Crippen molar-refractivity contribution >= 4 is 57.4 Å². The number of ether oxygens (including phenoxy) is 1. The Morgan fingerprint density at radius 3 is 2.60 bits per heavy atom. The number of fused-ring (bicyclic) bond motifs is 1. The molecule has 1 unspecified atom stereocenters. The summed E-state index contributed by atoms with van der Waals surface area (Å²) in [5, 5.41) is 8.70. The van der Waals surface area contributed by atoms with Crippen molar-refractivity contribution in [2.45, 2.75) is 109 Å². The van der Waals surface area contributed by atoms with Crippen molar-refractivity contribution in [1.82, 2.24) is 16.0 Å². The first-order valence-corrected chi connectivity index (χ1v) is 16.7. The lowest BCUT2D eigenvalue weighted by atomic mass is 10.0. The number of thioether (sulfide) groups is 2. The van der Waals surface area contributed by atoms with E-state index in [0.29, 0.717) is 23.6 Å². The molecule has 3 amide bonds. The molecule has 0 saturated carbocycles. The van der Waals surface area contributed by atoms with E-state index >= 15 is 0 Å². The highest BCUT2D eigenvalue weighted by Crippen LogP contribution is 2.27. The largest absolute Gasteiger partial charge is 0.456 e. The highest BCUT2D eigenvalue weighted by atomic mass is 32.2. The quantitative estimate of drug-likeness (QED) is 0.136. The smallest absolute Gasteiger partial charge is 0.329 e. The fourth-order valence-electron chi connectivity index (χ4n) is 4.35. The first-order chi connectivity index (χ1) is 20.0. The van der Waals surface area contributed by atoms with Crippen LogP contribution >= 0.6 is 23.5 Å². The van der Waals surface area contributed by atoms with Crippen LogP contribution in [0.4, 0.5) is 0 Å². The van der Waals surface area contributed by atoms with Gasteiger partial charge in [-0.2, -0.15) is 0 Å². The Bertz CT molecular complexity index is 1060. The van der Waals surface area contributed by atoms with Crippen molar-refractivity contribution in [3.63, 3.8) is 0 Å². The lowest BCUT2D eigenvalue weighted by Crippen LogP contribution is -2.49. The third-order valence-electron chi connectivity index (χ3n) is 6.79. The van der Waals surface area contributed by atoms with Gasteiger partial charge in [0.15, 0.2) is 5.12 Å². The van der Waals surface area contributed by atoms with Crippen LogP contribution < -0.4 is 16.0 Å². The monoisotopic (exact) mass is 622 g/mol. The summed E-state index contributed by atoms with van der Waals surface area (Å²) in [7, 11) is 0. The maximum atomic E-state index is 13.2. The van der Waals surface area contributed by atoms with E-state index in [9.17, 15) is 24.0 Å². The molecule has 2 aliphatic heterocycles. The molecular weight excluding hydrogens is 576 g/mol. The van der Waals surface area contributed by atoms with Crippen molar-refractivity contribution in [1.29, 1.82) is 0 Å². The molecular formula is C30H46N4O6S2. The summed E-state index contributed by atoms with van der Waals surface area (Å²) in [6, 6.07) is -1.72. The molecule has 0 aromatic rings. The average Bonchev–Trinajstić information content (AvgIpc) is 3.32. The molecule has 10 nitrogen and oxygen atoms in total. The number of nitrogens with zero attached hydrogens (tertiary/aromatic N) is 1. The van der Waals surface area contributed by atoms with Crippen LogP contribution in [0.25, 0.3) is 0 Å². The molecule has 2 bridgehead atoms. The second-order valence-corrected chi connectivity index (χ2v) is 13.3. The fourth-order valence-corrected chi connectivity index (χ4v) is 6.19. The minimum absolute atomic E-state index is 0.0177. The summed E-state index contributed by atoms with van der Waals surface area (Å²) in [6.45, 7) is 9.31. The lowest BCUT2D eigenvalue weighted by Gasteiger charge is -2.24. The number of amides is 3. The third-order valence-corrected chi connectivity index (χ3v) is 8.91. The number of aliphatic imine (C=N–C) groups is 1. The Kier molecular flexibility index (Phi) is 16.0. The van der Waals surface area contributed by atoms with Gasteiger partial charge in [-0.25, -0.2) is 4.79 Å². The van der Waals surface area contributed by atoms with Crippen LogP contribution in [-0.4, -0.2) is 69.6 Å². The van der Waals surface area contributed by atoms with Gasteiger partial charge < -0.3 is 20.7 Å². The molecule has 3 N–H and O–H groups in total. The van der Waals surface area contributed by atoms with E-state index in [2.05, 4.69) is 27.9 Å². The topological polar surface area (TPSA) is 143 Å². The molecule has 0 saturated heterocycles. The zero-order valence-corrected chi connectivity index (χ0v) is 27.0. The Hall–Kier alpha value is -2.60. The van der Waals surface area contributed by atoms with E-state index in [1.54, 1.807) is 26.8 Å². The standard InChI is InChI=1S/C30H46N4O6S2/c1-6-8-9-10-11-15-25(36)41-16-13-12-14-21-17-23(35)31-18-24-33-27(20(5)42-24)29(38)32-22(7-2)28(37)34-26(19(3)4)30(39)40-21/h7,12,14,19-21,26-27H,6,8-11,13,15-18H2,1-5H3,(H,31,35)(H,32,38)(H,34,37)/b14-12+,22-7-/t20-,21-,26+,27?/m1/s1. The predicted molar refractivity (Wildman–Crippen MR) is 169 cm³/mol. The molecule has 12 heteroatoms. The molecule has 2 aliphatic rings. The van der Waals surface area contributed by atoms with Gasteiger partial charge in [0.05, 0.1) is 18.0 Å². The molecule has 0 spiro atoms. The van der Waals surface area contributed by atoms with Crippen molar-refractivity contribution < 1.29 is 28.7 Å². The van der Waals surface area contributed by atoms with Crippen molar-refractivity contribution in [2.24, 2.45) is 10.9 Å². The first kappa shape index (κ1) is 35.6. The Balaban J connectivity index is 2.11. The second-order valence-electron chi connectivity index (χ2n) is 10.7. The summed E-state index contributed by atoms with van der Waals surface area (Å²) < 4.78 is 5.71. The first-order valence-electron chi connectivity index (χ1n) is 14.9. The van der Waals surface area contributed by atoms with E-state index in [1.165, 1.54) is 42.4 Å².